The number of rotatable bonds is 7. The van der Waals surface area contributed by atoms with Crippen molar-refractivity contribution in [2.24, 2.45) is 5.92 Å². The molecule has 1 N–H and O–H groups in total. The molecule has 1 atom stereocenters. The van der Waals surface area contributed by atoms with Crippen molar-refractivity contribution in [1.82, 2.24) is 0 Å². The number of nitro groups is 1. The minimum absolute atomic E-state index is 0.134. The molecule has 0 aliphatic carbocycles. The molecule has 2 aromatic carbocycles. The Hall–Kier alpha value is -3.95. The number of anilines is 2. The average molecular weight is 441 g/mol. The number of ether oxygens (including phenoxy) is 2. The Balaban J connectivity index is 1.90. The van der Waals surface area contributed by atoms with Gasteiger partial charge >= 0.3 is 5.97 Å². The van der Waals surface area contributed by atoms with Crippen LogP contribution < -0.4 is 15.0 Å². The minimum atomic E-state index is -0.844. The Kier molecular flexibility index (Phi) is 6.72. The normalized spacial score (nSPS) is 15.1. The molecule has 1 unspecified atom stereocenters. The second-order valence-corrected chi connectivity index (χ2v) is 7.43. The molecule has 1 aliphatic heterocycles. The number of hydrogen-bond acceptors (Lipinski definition) is 7. The first-order valence-corrected chi connectivity index (χ1v) is 10.0. The number of non-ortho nitro benzene ring substituents is 1. The molecule has 0 spiro atoms. The van der Waals surface area contributed by atoms with Crippen molar-refractivity contribution in [1.29, 1.82) is 0 Å². The Labute approximate surface area is 184 Å². The number of para-hydroxylation sites is 1. The van der Waals surface area contributed by atoms with E-state index in [0.29, 0.717) is 0 Å². The van der Waals surface area contributed by atoms with Gasteiger partial charge in [-0.1, -0.05) is 26.0 Å². The fraction of sp³-hybridized carbons (Fsp3) is 0.318. The van der Waals surface area contributed by atoms with Crippen LogP contribution in [0.1, 0.15) is 31.1 Å². The lowest BCUT2D eigenvalue weighted by molar-refractivity contribution is -0.384. The third-order valence-electron chi connectivity index (χ3n) is 4.81. The predicted octanol–water partition coefficient (Wildman–Crippen LogP) is 3.16. The van der Waals surface area contributed by atoms with Gasteiger partial charge in [-0.3, -0.25) is 24.6 Å². The lowest BCUT2D eigenvalue weighted by atomic mass is 10.0. The van der Waals surface area contributed by atoms with E-state index in [-0.39, 0.29) is 40.9 Å². The summed E-state index contributed by atoms with van der Waals surface area (Å²) in [5, 5.41) is 13.8. The van der Waals surface area contributed by atoms with E-state index in [1.807, 2.05) is 0 Å². The molecule has 2 amide bonds. The van der Waals surface area contributed by atoms with Crippen molar-refractivity contribution in [3.63, 3.8) is 0 Å². The molecule has 10 heteroatoms. The van der Waals surface area contributed by atoms with Gasteiger partial charge in [0.1, 0.15) is 12.3 Å². The highest BCUT2D eigenvalue weighted by atomic mass is 16.6. The van der Waals surface area contributed by atoms with Gasteiger partial charge in [-0.2, -0.15) is 0 Å². The molecule has 1 heterocycles. The van der Waals surface area contributed by atoms with E-state index in [1.54, 1.807) is 39.0 Å². The lowest BCUT2D eigenvalue weighted by Crippen LogP contribution is -2.50. The summed E-state index contributed by atoms with van der Waals surface area (Å²) in [6.07, 6.45) is -0.844. The molecule has 32 heavy (non-hydrogen) atoms. The fourth-order valence-corrected chi connectivity index (χ4v) is 3.29. The first kappa shape index (κ1) is 22.7. The van der Waals surface area contributed by atoms with Crippen LogP contribution in [-0.4, -0.2) is 42.0 Å². The van der Waals surface area contributed by atoms with Crippen LogP contribution in [0.2, 0.25) is 0 Å². The highest BCUT2D eigenvalue weighted by Crippen LogP contribution is 2.38. The standard InChI is InChI=1S/C22H23N3O7/c1-4-31-22(28)15-7-5-6-8-16(15)23-19(26)12-24-17-11-14(25(29)30)9-10-18(17)32-20(13(2)3)21(24)27/h5-11,13,20H,4,12H2,1-3H3,(H,23,26). The zero-order valence-corrected chi connectivity index (χ0v) is 17.9. The summed E-state index contributed by atoms with van der Waals surface area (Å²) < 4.78 is 10.7. The van der Waals surface area contributed by atoms with E-state index in [4.69, 9.17) is 9.47 Å². The number of fused-ring (bicyclic) bond motifs is 1. The van der Waals surface area contributed by atoms with E-state index < -0.39 is 35.4 Å². The van der Waals surface area contributed by atoms with Gasteiger partial charge in [0.05, 0.1) is 28.5 Å². The van der Waals surface area contributed by atoms with Crippen molar-refractivity contribution >= 4 is 34.8 Å². The molecular formula is C22H23N3O7. The Morgan fingerprint density at radius 2 is 1.97 bits per heavy atom. The van der Waals surface area contributed by atoms with Gasteiger partial charge in [-0.15, -0.1) is 0 Å². The molecule has 1 aliphatic rings. The molecule has 10 nitrogen and oxygen atoms in total. The number of nitro benzene ring substituents is 1. The molecule has 0 fully saturated rings. The fourth-order valence-electron chi connectivity index (χ4n) is 3.29. The number of benzene rings is 2. The Bertz CT molecular complexity index is 1070. The topological polar surface area (TPSA) is 128 Å². The zero-order valence-electron chi connectivity index (χ0n) is 17.9. The van der Waals surface area contributed by atoms with Crippen LogP contribution in [0, 0.1) is 16.0 Å². The van der Waals surface area contributed by atoms with Gasteiger partial charge in [0.15, 0.2) is 6.10 Å². The number of hydrogen-bond donors (Lipinski definition) is 1. The van der Waals surface area contributed by atoms with Crippen LogP contribution in [0.3, 0.4) is 0 Å². The summed E-state index contributed by atoms with van der Waals surface area (Å²) in [5.74, 6) is -1.58. The maximum atomic E-state index is 13.0. The van der Waals surface area contributed by atoms with Crippen LogP contribution in [0.5, 0.6) is 5.75 Å². The van der Waals surface area contributed by atoms with Gasteiger partial charge in [0.25, 0.3) is 11.6 Å². The van der Waals surface area contributed by atoms with Crippen molar-refractivity contribution < 1.29 is 28.8 Å². The number of amides is 2. The summed E-state index contributed by atoms with van der Waals surface area (Å²) in [7, 11) is 0. The summed E-state index contributed by atoms with van der Waals surface area (Å²) in [5.41, 5.74) is 0.305. The van der Waals surface area contributed by atoms with Crippen molar-refractivity contribution in [3.05, 3.63) is 58.1 Å². The van der Waals surface area contributed by atoms with E-state index in [9.17, 15) is 24.5 Å². The second kappa shape index (κ2) is 9.46. The highest BCUT2D eigenvalue weighted by Gasteiger charge is 2.38. The second-order valence-electron chi connectivity index (χ2n) is 7.43. The third kappa shape index (κ3) is 4.69. The van der Waals surface area contributed by atoms with Crippen molar-refractivity contribution in [2.45, 2.75) is 26.9 Å². The van der Waals surface area contributed by atoms with Crippen LogP contribution in [0.25, 0.3) is 0 Å². The maximum absolute atomic E-state index is 13.0. The van der Waals surface area contributed by atoms with Crippen LogP contribution in [0.15, 0.2) is 42.5 Å². The van der Waals surface area contributed by atoms with Gasteiger partial charge in [-0.05, 0) is 31.0 Å². The predicted molar refractivity (Wildman–Crippen MR) is 116 cm³/mol. The molecule has 0 saturated carbocycles. The molecule has 0 aromatic heterocycles. The van der Waals surface area contributed by atoms with Crippen LogP contribution in [-0.2, 0) is 14.3 Å². The maximum Gasteiger partial charge on any atom is 0.340 e. The van der Waals surface area contributed by atoms with Crippen molar-refractivity contribution in [3.8, 4) is 5.75 Å². The smallest absolute Gasteiger partial charge is 0.340 e. The highest BCUT2D eigenvalue weighted by molar-refractivity contribution is 6.08. The molecule has 2 aromatic rings. The summed E-state index contributed by atoms with van der Waals surface area (Å²) in [4.78, 5) is 49.8. The van der Waals surface area contributed by atoms with Crippen LogP contribution in [0.4, 0.5) is 17.1 Å². The monoisotopic (exact) mass is 441 g/mol. The number of carbonyl (C=O) groups excluding carboxylic acids is 3. The molecule has 3 rings (SSSR count). The van der Waals surface area contributed by atoms with Gasteiger partial charge in [0, 0.05) is 12.1 Å². The SMILES string of the molecule is CCOC(=O)c1ccccc1NC(=O)CN1C(=O)C(C(C)C)Oc2ccc([N+](=O)[O-])cc21. The Morgan fingerprint density at radius 1 is 1.25 bits per heavy atom. The quantitative estimate of drug-likeness (QED) is 0.397. The lowest BCUT2D eigenvalue weighted by Gasteiger charge is -2.35. The van der Waals surface area contributed by atoms with Gasteiger partial charge in [-0.25, -0.2) is 4.79 Å². The van der Waals surface area contributed by atoms with Crippen LogP contribution >= 0.6 is 0 Å². The molecule has 0 saturated heterocycles. The average Bonchev–Trinajstić information content (AvgIpc) is 2.75. The Morgan fingerprint density at radius 3 is 2.62 bits per heavy atom. The first-order chi connectivity index (χ1) is 15.2. The zero-order chi connectivity index (χ0) is 23.4. The summed E-state index contributed by atoms with van der Waals surface area (Å²) >= 11 is 0. The largest absolute Gasteiger partial charge is 0.478 e. The number of nitrogens with one attached hydrogen (secondary N) is 1. The number of esters is 1. The molecule has 168 valence electrons. The van der Waals surface area contributed by atoms with E-state index >= 15 is 0 Å². The summed E-state index contributed by atoms with van der Waals surface area (Å²) in [6.45, 7) is 5.02. The van der Waals surface area contributed by atoms with E-state index in [0.717, 1.165) is 0 Å². The summed E-state index contributed by atoms with van der Waals surface area (Å²) in [6, 6.07) is 10.2. The molecular weight excluding hydrogens is 418 g/mol. The van der Waals surface area contributed by atoms with Gasteiger partial charge in [0.2, 0.25) is 5.91 Å². The number of nitrogens with zero attached hydrogens (tertiary/aromatic N) is 2. The van der Waals surface area contributed by atoms with E-state index in [1.165, 1.54) is 29.2 Å². The first-order valence-electron chi connectivity index (χ1n) is 10.0. The third-order valence-corrected chi connectivity index (χ3v) is 4.81. The molecule has 0 bridgehead atoms. The van der Waals surface area contributed by atoms with Crippen molar-refractivity contribution in [2.75, 3.05) is 23.4 Å². The molecule has 0 radical (unpaired) electrons. The van der Waals surface area contributed by atoms with E-state index in [2.05, 4.69) is 5.32 Å². The number of carbonyl (C=O) groups is 3. The van der Waals surface area contributed by atoms with Gasteiger partial charge < -0.3 is 14.8 Å². The minimum Gasteiger partial charge on any atom is -0.478 e.